The Morgan fingerprint density at radius 3 is 2.56 bits per heavy atom. The number of nitrogens with zero attached hydrogens (tertiary/aromatic N) is 1. The Hall–Kier alpha value is -1.51. The number of carbonyl (C=O) groups excluding carboxylic acids is 1. The molecule has 18 heavy (non-hydrogen) atoms. The Morgan fingerprint density at radius 2 is 1.94 bits per heavy atom. The van der Waals surface area contributed by atoms with Crippen molar-refractivity contribution in [1.82, 2.24) is 4.90 Å². The van der Waals surface area contributed by atoms with Crippen LogP contribution in [0, 0.1) is 17.8 Å². The number of hydrogen-bond donors (Lipinski definition) is 0. The van der Waals surface area contributed by atoms with E-state index in [-0.39, 0.29) is 6.09 Å². The number of hydrogen-bond acceptors (Lipinski definition) is 2. The third kappa shape index (κ3) is 2.09. The van der Waals surface area contributed by atoms with Crippen LogP contribution in [0.5, 0.6) is 0 Å². The van der Waals surface area contributed by atoms with Gasteiger partial charge in [-0.05, 0) is 23.3 Å². The highest BCUT2D eigenvalue weighted by Gasteiger charge is 2.55. The van der Waals surface area contributed by atoms with Crippen molar-refractivity contribution < 1.29 is 9.53 Å². The van der Waals surface area contributed by atoms with Gasteiger partial charge in [-0.3, -0.25) is 0 Å². The summed E-state index contributed by atoms with van der Waals surface area (Å²) < 4.78 is 5.34. The number of rotatable bonds is 3. The van der Waals surface area contributed by atoms with E-state index in [2.05, 4.69) is 6.92 Å². The first-order valence-corrected chi connectivity index (χ1v) is 6.75. The average molecular weight is 245 g/mol. The molecule has 1 heterocycles. The van der Waals surface area contributed by atoms with Crippen LogP contribution in [0.15, 0.2) is 30.3 Å². The number of carbonyl (C=O) groups is 1. The fourth-order valence-electron chi connectivity index (χ4n) is 3.21. The van der Waals surface area contributed by atoms with E-state index in [1.165, 1.54) is 6.42 Å². The first kappa shape index (κ1) is 11.6. The molecule has 1 aromatic carbocycles. The zero-order valence-electron chi connectivity index (χ0n) is 10.7. The van der Waals surface area contributed by atoms with Crippen LogP contribution in [0.25, 0.3) is 0 Å². The van der Waals surface area contributed by atoms with Crippen molar-refractivity contribution in [3.05, 3.63) is 35.9 Å². The standard InChI is InChI=1S/C15H19NO2/c1-2-12-13-8-16(9-14(12)13)15(17)18-10-11-6-4-3-5-7-11/h3-7,12-14H,2,8-10H2,1H3/t12?,13-,14+. The maximum absolute atomic E-state index is 11.9. The van der Waals surface area contributed by atoms with E-state index in [1.54, 1.807) is 0 Å². The zero-order chi connectivity index (χ0) is 12.5. The predicted octanol–water partition coefficient (Wildman–Crippen LogP) is 2.91. The van der Waals surface area contributed by atoms with Gasteiger partial charge in [-0.25, -0.2) is 4.79 Å². The van der Waals surface area contributed by atoms with Crippen LogP contribution in [0.4, 0.5) is 4.79 Å². The first-order valence-electron chi connectivity index (χ1n) is 6.75. The lowest BCUT2D eigenvalue weighted by Gasteiger charge is -2.19. The monoisotopic (exact) mass is 245 g/mol. The topological polar surface area (TPSA) is 29.5 Å². The van der Waals surface area contributed by atoms with Crippen LogP contribution in [0.3, 0.4) is 0 Å². The summed E-state index contributed by atoms with van der Waals surface area (Å²) in [6, 6.07) is 9.83. The SMILES string of the molecule is CCC1[C@H]2CN(C(=O)OCc3ccccc3)C[C@@H]12. The van der Waals surface area contributed by atoms with Crippen LogP contribution in [0.1, 0.15) is 18.9 Å². The van der Waals surface area contributed by atoms with Crippen LogP contribution >= 0.6 is 0 Å². The number of benzene rings is 1. The third-order valence-corrected chi connectivity index (χ3v) is 4.31. The Kier molecular flexibility index (Phi) is 2.98. The summed E-state index contributed by atoms with van der Waals surface area (Å²) in [6.45, 7) is 4.41. The molecule has 0 spiro atoms. The molecular weight excluding hydrogens is 226 g/mol. The number of likely N-dealkylation sites (tertiary alicyclic amines) is 1. The van der Waals surface area contributed by atoms with Crippen LogP contribution in [-0.2, 0) is 11.3 Å². The fraction of sp³-hybridized carbons (Fsp3) is 0.533. The van der Waals surface area contributed by atoms with Crippen LogP contribution in [-0.4, -0.2) is 24.1 Å². The minimum Gasteiger partial charge on any atom is -0.445 e. The second-order valence-electron chi connectivity index (χ2n) is 5.34. The van der Waals surface area contributed by atoms with E-state index in [1.807, 2.05) is 35.2 Å². The van der Waals surface area contributed by atoms with Crippen molar-refractivity contribution in [2.24, 2.45) is 17.8 Å². The van der Waals surface area contributed by atoms with E-state index in [0.29, 0.717) is 6.61 Å². The lowest BCUT2D eigenvalue weighted by atomic mass is 10.2. The minimum absolute atomic E-state index is 0.152. The molecule has 3 heteroatoms. The van der Waals surface area contributed by atoms with Crippen molar-refractivity contribution in [3.8, 4) is 0 Å². The van der Waals surface area contributed by atoms with E-state index < -0.39 is 0 Å². The Balaban J connectivity index is 1.46. The molecule has 1 unspecified atom stereocenters. The second-order valence-corrected chi connectivity index (χ2v) is 5.34. The van der Waals surface area contributed by atoms with E-state index in [0.717, 1.165) is 36.4 Å². The summed E-state index contributed by atoms with van der Waals surface area (Å²) in [7, 11) is 0. The maximum atomic E-state index is 11.9. The van der Waals surface area contributed by atoms with Gasteiger partial charge < -0.3 is 9.64 Å². The van der Waals surface area contributed by atoms with Crippen molar-refractivity contribution in [3.63, 3.8) is 0 Å². The van der Waals surface area contributed by atoms with Crippen molar-refractivity contribution in [2.75, 3.05) is 13.1 Å². The highest BCUT2D eigenvalue weighted by Crippen LogP contribution is 2.53. The first-order chi connectivity index (χ1) is 8.79. The molecule has 3 atom stereocenters. The predicted molar refractivity (Wildman–Crippen MR) is 69.0 cm³/mol. The molecule has 0 radical (unpaired) electrons. The molecule has 0 N–H and O–H groups in total. The molecular formula is C15H19NO2. The number of amides is 1. The summed E-state index contributed by atoms with van der Waals surface area (Å²) >= 11 is 0. The highest BCUT2D eigenvalue weighted by atomic mass is 16.6. The van der Waals surface area contributed by atoms with Gasteiger partial charge in [0.25, 0.3) is 0 Å². The van der Waals surface area contributed by atoms with Gasteiger partial charge in [0.1, 0.15) is 6.61 Å². The molecule has 1 aliphatic heterocycles. The number of fused-ring (bicyclic) bond motifs is 1. The molecule has 0 aromatic heterocycles. The van der Waals surface area contributed by atoms with Crippen molar-refractivity contribution >= 4 is 6.09 Å². The lowest BCUT2D eigenvalue weighted by molar-refractivity contribution is 0.0986. The quantitative estimate of drug-likeness (QED) is 0.819. The third-order valence-electron chi connectivity index (χ3n) is 4.31. The molecule has 2 fully saturated rings. The van der Waals surface area contributed by atoms with Gasteiger partial charge in [0, 0.05) is 13.1 Å². The second kappa shape index (κ2) is 4.63. The largest absolute Gasteiger partial charge is 0.445 e. The van der Waals surface area contributed by atoms with Crippen molar-refractivity contribution in [2.45, 2.75) is 20.0 Å². The summed E-state index contributed by atoms with van der Waals surface area (Å²) in [4.78, 5) is 13.7. The molecule has 3 nitrogen and oxygen atoms in total. The van der Waals surface area contributed by atoms with Gasteiger partial charge in [-0.2, -0.15) is 0 Å². The average Bonchev–Trinajstić information content (AvgIpc) is 2.88. The van der Waals surface area contributed by atoms with Crippen LogP contribution in [0.2, 0.25) is 0 Å². The van der Waals surface area contributed by atoms with Gasteiger partial charge >= 0.3 is 6.09 Å². The summed E-state index contributed by atoms with van der Waals surface area (Å²) in [5.41, 5.74) is 1.04. The molecule has 2 aliphatic rings. The molecule has 1 aromatic rings. The fourth-order valence-corrected chi connectivity index (χ4v) is 3.21. The van der Waals surface area contributed by atoms with Gasteiger partial charge in [0.15, 0.2) is 0 Å². The summed E-state index contributed by atoms with van der Waals surface area (Å²) in [5.74, 6) is 2.36. The zero-order valence-corrected chi connectivity index (χ0v) is 10.7. The molecule has 0 bridgehead atoms. The normalized spacial score (nSPS) is 28.9. The number of piperidine rings is 1. The van der Waals surface area contributed by atoms with E-state index in [9.17, 15) is 4.79 Å². The molecule has 1 saturated carbocycles. The molecule has 1 amide bonds. The smallest absolute Gasteiger partial charge is 0.410 e. The highest BCUT2D eigenvalue weighted by molar-refractivity contribution is 5.68. The van der Waals surface area contributed by atoms with Crippen LogP contribution < -0.4 is 0 Å². The Morgan fingerprint density at radius 1 is 1.28 bits per heavy atom. The molecule has 1 saturated heterocycles. The van der Waals surface area contributed by atoms with Gasteiger partial charge in [-0.1, -0.05) is 43.7 Å². The summed E-state index contributed by atoms with van der Waals surface area (Å²) in [5, 5.41) is 0. The Bertz CT molecular complexity index is 419. The van der Waals surface area contributed by atoms with Gasteiger partial charge in [0.05, 0.1) is 0 Å². The lowest BCUT2D eigenvalue weighted by Crippen LogP contribution is -2.31. The van der Waals surface area contributed by atoms with E-state index in [4.69, 9.17) is 4.74 Å². The maximum Gasteiger partial charge on any atom is 0.410 e. The number of ether oxygens (including phenoxy) is 1. The minimum atomic E-state index is -0.152. The molecule has 96 valence electrons. The van der Waals surface area contributed by atoms with Crippen molar-refractivity contribution in [1.29, 1.82) is 0 Å². The van der Waals surface area contributed by atoms with Gasteiger partial charge in [-0.15, -0.1) is 0 Å². The molecule has 3 rings (SSSR count). The Labute approximate surface area is 108 Å². The van der Waals surface area contributed by atoms with Gasteiger partial charge in [0.2, 0.25) is 0 Å². The summed E-state index contributed by atoms with van der Waals surface area (Å²) in [6.07, 6.45) is 1.10. The molecule has 1 aliphatic carbocycles. The van der Waals surface area contributed by atoms with E-state index >= 15 is 0 Å².